The third-order valence-corrected chi connectivity index (χ3v) is 5.24. The summed E-state index contributed by atoms with van der Waals surface area (Å²) < 4.78 is 0. The van der Waals surface area contributed by atoms with Crippen LogP contribution in [0.4, 0.5) is 5.00 Å². The van der Waals surface area contributed by atoms with Crippen molar-refractivity contribution in [2.75, 3.05) is 5.73 Å². The third-order valence-electron chi connectivity index (χ3n) is 4.12. The van der Waals surface area contributed by atoms with Gasteiger partial charge in [-0.1, -0.05) is 12.8 Å². The molecule has 3 rings (SSSR count). The Balaban J connectivity index is 1.82. The van der Waals surface area contributed by atoms with Crippen LogP contribution in [0.3, 0.4) is 0 Å². The maximum absolute atomic E-state index is 12.4. The number of hydrogen-bond donors (Lipinski definition) is 2. The Hall–Kier alpha value is -1.03. The summed E-state index contributed by atoms with van der Waals surface area (Å²) in [4.78, 5) is 13.7. The van der Waals surface area contributed by atoms with E-state index in [1.807, 2.05) is 0 Å². The molecule has 3 N–H and O–H groups in total. The monoisotopic (exact) mass is 264 g/mol. The van der Waals surface area contributed by atoms with Crippen LogP contribution >= 0.6 is 11.3 Å². The largest absolute Gasteiger partial charge is 0.390 e. The van der Waals surface area contributed by atoms with Crippen molar-refractivity contribution in [1.29, 1.82) is 0 Å². The number of carbonyl (C=O) groups excluding carboxylic acids is 1. The Bertz CT molecular complexity index is 461. The smallest absolute Gasteiger partial charge is 0.254 e. The molecule has 0 unspecified atom stereocenters. The highest BCUT2D eigenvalue weighted by atomic mass is 32.1. The number of aryl methyl sites for hydroxylation is 1. The van der Waals surface area contributed by atoms with Gasteiger partial charge in [-0.05, 0) is 44.1 Å². The van der Waals surface area contributed by atoms with Gasteiger partial charge in [-0.3, -0.25) is 4.79 Å². The van der Waals surface area contributed by atoms with Gasteiger partial charge in [-0.15, -0.1) is 11.3 Å². The van der Waals surface area contributed by atoms with Gasteiger partial charge >= 0.3 is 0 Å². The first-order valence-electron chi connectivity index (χ1n) is 6.96. The first kappa shape index (κ1) is 12.0. The predicted octanol–water partition coefficient (Wildman–Crippen LogP) is 2.88. The molecule has 1 aromatic rings. The van der Waals surface area contributed by atoms with Crippen LogP contribution in [0.5, 0.6) is 0 Å². The van der Waals surface area contributed by atoms with Gasteiger partial charge in [0.25, 0.3) is 5.91 Å². The van der Waals surface area contributed by atoms with Crippen LogP contribution < -0.4 is 11.1 Å². The molecule has 1 heterocycles. The highest BCUT2D eigenvalue weighted by Gasteiger charge is 2.26. The lowest BCUT2D eigenvalue weighted by atomic mass is 9.95. The minimum absolute atomic E-state index is 0.0683. The number of nitrogens with one attached hydrogen (secondary N) is 1. The lowest BCUT2D eigenvalue weighted by Gasteiger charge is -2.15. The van der Waals surface area contributed by atoms with Crippen molar-refractivity contribution in [3.05, 3.63) is 16.0 Å². The van der Waals surface area contributed by atoms with Gasteiger partial charge in [-0.2, -0.15) is 0 Å². The van der Waals surface area contributed by atoms with Crippen molar-refractivity contribution >= 4 is 22.2 Å². The molecule has 1 amide bonds. The van der Waals surface area contributed by atoms with E-state index in [9.17, 15) is 4.79 Å². The second-order valence-corrected chi connectivity index (χ2v) is 6.54. The molecule has 98 valence electrons. The topological polar surface area (TPSA) is 55.1 Å². The second-order valence-electron chi connectivity index (χ2n) is 5.40. The van der Waals surface area contributed by atoms with Crippen molar-refractivity contribution in [3.63, 3.8) is 0 Å². The Kier molecular flexibility index (Phi) is 3.29. The first-order valence-corrected chi connectivity index (χ1v) is 7.78. The van der Waals surface area contributed by atoms with Crippen LogP contribution in [-0.2, 0) is 12.8 Å². The number of fused-ring (bicyclic) bond motifs is 1. The van der Waals surface area contributed by atoms with E-state index in [0.29, 0.717) is 6.04 Å². The molecule has 4 heteroatoms. The number of nitrogens with two attached hydrogens (primary N) is 1. The Morgan fingerprint density at radius 1 is 1.17 bits per heavy atom. The fraction of sp³-hybridized carbons (Fsp3) is 0.643. The third kappa shape index (κ3) is 2.14. The molecule has 18 heavy (non-hydrogen) atoms. The molecule has 2 aliphatic carbocycles. The summed E-state index contributed by atoms with van der Waals surface area (Å²) in [7, 11) is 0. The lowest BCUT2D eigenvalue weighted by Crippen LogP contribution is -2.33. The standard InChI is InChI=1S/C14H20N2OS/c15-13-12(10-7-3-4-8-11(10)18-13)14(17)16-9-5-1-2-6-9/h9H,1-8,15H2,(H,16,17). The van der Waals surface area contributed by atoms with Gasteiger partial charge in [-0.25, -0.2) is 0 Å². The molecule has 0 bridgehead atoms. The van der Waals surface area contributed by atoms with Crippen molar-refractivity contribution in [1.82, 2.24) is 5.32 Å². The molecular formula is C14H20N2OS. The zero-order chi connectivity index (χ0) is 12.5. The van der Waals surface area contributed by atoms with Gasteiger partial charge < -0.3 is 11.1 Å². The molecular weight excluding hydrogens is 244 g/mol. The fourth-order valence-electron chi connectivity index (χ4n) is 3.16. The van der Waals surface area contributed by atoms with Crippen molar-refractivity contribution < 1.29 is 4.79 Å². The van der Waals surface area contributed by atoms with Crippen LogP contribution in [-0.4, -0.2) is 11.9 Å². The number of carbonyl (C=O) groups is 1. The molecule has 0 aromatic carbocycles. The van der Waals surface area contributed by atoms with Gasteiger partial charge in [0.15, 0.2) is 0 Å². The molecule has 3 nitrogen and oxygen atoms in total. The number of rotatable bonds is 2. The van der Waals surface area contributed by atoms with Gasteiger partial charge in [0, 0.05) is 10.9 Å². The molecule has 1 aromatic heterocycles. The van der Waals surface area contributed by atoms with E-state index < -0.39 is 0 Å². The minimum atomic E-state index is 0.0683. The average molecular weight is 264 g/mol. The molecule has 0 aliphatic heterocycles. The summed E-state index contributed by atoms with van der Waals surface area (Å²) in [6, 6.07) is 0.371. The summed E-state index contributed by atoms with van der Waals surface area (Å²) >= 11 is 1.62. The number of anilines is 1. The molecule has 1 fully saturated rings. The molecule has 0 spiro atoms. The van der Waals surface area contributed by atoms with Crippen LogP contribution in [0.25, 0.3) is 0 Å². The molecule has 1 saturated carbocycles. The Morgan fingerprint density at radius 3 is 2.67 bits per heavy atom. The Labute approximate surface area is 112 Å². The van der Waals surface area contributed by atoms with E-state index in [1.165, 1.54) is 36.1 Å². The molecule has 0 radical (unpaired) electrons. The van der Waals surface area contributed by atoms with E-state index in [0.717, 1.165) is 36.2 Å². The summed E-state index contributed by atoms with van der Waals surface area (Å²) in [5.41, 5.74) is 8.08. The second kappa shape index (κ2) is 4.92. The maximum atomic E-state index is 12.4. The van der Waals surface area contributed by atoms with Crippen LogP contribution in [0, 0.1) is 0 Å². The van der Waals surface area contributed by atoms with Gasteiger partial charge in [0.1, 0.15) is 0 Å². The number of amides is 1. The Morgan fingerprint density at radius 2 is 1.89 bits per heavy atom. The van der Waals surface area contributed by atoms with E-state index in [1.54, 1.807) is 11.3 Å². The zero-order valence-corrected chi connectivity index (χ0v) is 11.4. The molecule has 2 aliphatic rings. The highest BCUT2D eigenvalue weighted by Crippen LogP contribution is 2.36. The van der Waals surface area contributed by atoms with Crippen molar-refractivity contribution in [3.8, 4) is 0 Å². The van der Waals surface area contributed by atoms with E-state index >= 15 is 0 Å². The number of thiophene rings is 1. The fourth-order valence-corrected chi connectivity index (χ4v) is 4.32. The van der Waals surface area contributed by atoms with Crippen LogP contribution in [0.2, 0.25) is 0 Å². The molecule has 0 atom stereocenters. The SMILES string of the molecule is Nc1sc2c(c1C(=O)NC1CCCC1)CCCC2. The summed E-state index contributed by atoms with van der Waals surface area (Å²) in [5, 5.41) is 3.88. The summed E-state index contributed by atoms with van der Waals surface area (Å²) in [5.74, 6) is 0.0683. The highest BCUT2D eigenvalue weighted by molar-refractivity contribution is 7.16. The van der Waals surface area contributed by atoms with Crippen molar-refractivity contribution in [2.45, 2.75) is 57.4 Å². The summed E-state index contributed by atoms with van der Waals surface area (Å²) in [6.07, 6.45) is 9.27. The zero-order valence-electron chi connectivity index (χ0n) is 10.6. The van der Waals surface area contributed by atoms with Crippen molar-refractivity contribution in [2.24, 2.45) is 0 Å². The number of hydrogen-bond acceptors (Lipinski definition) is 3. The lowest BCUT2D eigenvalue weighted by molar-refractivity contribution is 0.0938. The van der Waals surface area contributed by atoms with Gasteiger partial charge in [0.05, 0.1) is 10.6 Å². The quantitative estimate of drug-likeness (QED) is 0.863. The van der Waals surface area contributed by atoms with E-state index in [4.69, 9.17) is 5.73 Å². The average Bonchev–Trinajstić information content (AvgIpc) is 2.94. The van der Waals surface area contributed by atoms with Crippen LogP contribution in [0.15, 0.2) is 0 Å². The maximum Gasteiger partial charge on any atom is 0.254 e. The summed E-state index contributed by atoms with van der Waals surface area (Å²) in [6.45, 7) is 0. The number of nitrogen functional groups attached to an aromatic ring is 1. The van der Waals surface area contributed by atoms with E-state index in [-0.39, 0.29) is 5.91 Å². The predicted molar refractivity (Wildman–Crippen MR) is 75.1 cm³/mol. The van der Waals surface area contributed by atoms with E-state index in [2.05, 4.69) is 5.32 Å². The van der Waals surface area contributed by atoms with Gasteiger partial charge in [0.2, 0.25) is 0 Å². The molecule has 0 saturated heterocycles. The minimum Gasteiger partial charge on any atom is -0.390 e. The first-order chi connectivity index (χ1) is 8.75. The van der Waals surface area contributed by atoms with Crippen LogP contribution in [0.1, 0.15) is 59.3 Å². The normalized spacial score (nSPS) is 19.8.